The lowest BCUT2D eigenvalue weighted by molar-refractivity contribution is 0.322. The number of pyridine rings is 1. The van der Waals surface area contributed by atoms with Gasteiger partial charge in [0.25, 0.3) is 0 Å². The third kappa shape index (κ3) is 6.59. The molecule has 0 saturated carbocycles. The zero-order valence-electron chi connectivity index (χ0n) is 16.4. The number of aromatic nitrogens is 1. The van der Waals surface area contributed by atoms with Crippen LogP contribution in [-0.2, 0) is 13.0 Å². The fourth-order valence-electron chi connectivity index (χ4n) is 2.58. The van der Waals surface area contributed by atoms with Crippen molar-refractivity contribution in [3.8, 4) is 17.2 Å². The Hall–Kier alpha value is -1.94. The maximum Gasteiger partial charge on any atom is 0.203 e. The first-order chi connectivity index (χ1) is 13.1. The second kappa shape index (κ2) is 12.5. The molecule has 0 saturated heterocycles. The van der Waals surface area contributed by atoms with Gasteiger partial charge >= 0.3 is 0 Å². The molecule has 0 bridgehead atoms. The first-order valence-electron chi connectivity index (χ1n) is 8.45. The Balaban J connectivity index is 0.00000392. The molecule has 9 heteroatoms. The normalized spacial score (nSPS) is 10.7. The van der Waals surface area contributed by atoms with Crippen LogP contribution >= 0.6 is 35.6 Å². The molecule has 28 heavy (non-hydrogen) atoms. The van der Waals surface area contributed by atoms with Crippen molar-refractivity contribution in [2.45, 2.75) is 13.0 Å². The van der Waals surface area contributed by atoms with Crippen LogP contribution in [0.1, 0.15) is 11.1 Å². The van der Waals surface area contributed by atoms with Crippen LogP contribution in [0.5, 0.6) is 17.2 Å². The standard InChI is InChI=1S/C19H25ClN4O3.HI/c1-21-19(22-10-9-13-5-8-16(20)23-11-13)24-12-14-6-7-15(25-2)18(27-4)17(14)26-3;/h5-8,11H,9-10,12H2,1-4H3,(H2,21,22,24);1H. The van der Waals surface area contributed by atoms with E-state index in [1.807, 2.05) is 18.2 Å². The van der Waals surface area contributed by atoms with Crippen LogP contribution in [-0.4, -0.2) is 45.9 Å². The highest BCUT2D eigenvalue weighted by Crippen LogP contribution is 2.39. The number of hydrogen-bond donors (Lipinski definition) is 2. The minimum atomic E-state index is 0. The van der Waals surface area contributed by atoms with E-state index in [1.54, 1.807) is 40.6 Å². The van der Waals surface area contributed by atoms with Gasteiger partial charge in [0.15, 0.2) is 17.5 Å². The van der Waals surface area contributed by atoms with Crippen molar-refractivity contribution >= 4 is 41.5 Å². The van der Waals surface area contributed by atoms with Gasteiger partial charge in [-0.3, -0.25) is 4.99 Å². The minimum Gasteiger partial charge on any atom is -0.493 e. The monoisotopic (exact) mass is 520 g/mol. The number of halogens is 2. The number of rotatable bonds is 8. The molecule has 2 rings (SSSR count). The van der Waals surface area contributed by atoms with Gasteiger partial charge in [-0.05, 0) is 30.2 Å². The average Bonchev–Trinajstić information content (AvgIpc) is 2.70. The first-order valence-corrected chi connectivity index (χ1v) is 8.83. The fraction of sp³-hybridized carbons (Fsp3) is 0.368. The van der Waals surface area contributed by atoms with E-state index in [2.05, 4.69) is 20.6 Å². The largest absolute Gasteiger partial charge is 0.493 e. The van der Waals surface area contributed by atoms with E-state index in [1.165, 1.54) is 0 Å². The first kappa shape index (κ1) is 24.1. The highest BCUT2D eigenvalue weighted by atomic mass is 127. The summed E-state index contributed by atoms with van der Waals surface area (Å²) in [5.41, 5.74) is 2.03. The molecule has 154 valence electrons. The van der Waals surface area contributed by atoms with Crippen molar-refractivity contribution in [2.24, 2.45) is 4.99 Å². The summed E-state index contributed by atoms with van der Waals surface area (Å²) in [4.78, 5) is 8.32. The van der Waals surface area contributed by atoms with Gasteiger partial charge in [0.1, 0.15) is 5.15 Å². The molecule has 0 aliphatic heterocycles. The Morgan fingerprint density at radius 1 is 1.04 bits per heavy atom. The van der Waals surface area contributed by atoms with E-state index in [9.17, 15) is 0 Å². The summed E-state index contributed by atoms with van der Waals surface area (Å²) in [6, 6.07) is 7.52. The van der Waals surface area contributed by atoms with Crippen LogP contribution in [0.4, 0.5) is 0 Å². The molecule has 0 atom stereocenters. The van der Waals surface area contributed by atoms with Crippen molar-refractivity contribution in [3.63, 3.8) is 0 Å². The topological polar surface area (TPSA) is 77.0 Å². The highest BCUT2D eigenvalue weighted by Gasteiger charge is 2.15. The molecule has 0 unspecified atom stereocenters. The lowest BCUT2D eigenvalue weighted by Gasteiger charge is -2.17. The van der Waals surface area contributed by atoms with Gasteiger partial charge in [-0.25, -0.2) is 4.98 Å². The predicted molar refractivity (Wildman–Crippen MR) is 123 cm³/mol. The lowest BCUT2D eigenvalue weighted by Crippen LogP contribution is -2.37. The summed E-state index contributed by atoms with van der Waals surface area (Å²) in [6.07, 6.45) is 2.58. The molecule has 7 nitrogen and oxygen atoms in total. The third-order valence-electron chi connectivity index (χ3n) is 3.95. The number of nitrogens with one attached hydrogen (secondary N) is 2. The number of benzene rings is 1. The summed E-state index contributed by atoms with van der Waals surface area (Å²) in [5, 5.41) is 7.04. The smallest absolute Gasteiger partial charge is 0.203 e. The number of methoxy groups -OCH3 is 3. The quantitative estimate of drug-likeness (QED) is 0.241. The Bertz CT molecular complexity index is 773. The summed E-state index contributed by atoms with van der Waals surface area (Å²) < 4.78 is 16.2. The predicted octanol–water partition coefficient (Wildman–Crippen LogP) is 3.29. The van der Waals surface area contributed by atoms with Crippen molar-refractivity contribution < 1.29 is 14.2 Å². The number of hydrogen-bond acceptors (Lipinski definition) is 5. The molecular weight excluding hydrogens is 495 g/mol. The van der Waals surface area contributed by atoms with E-state index < -0.39 is 0 Å². The van der Waals surface area contributed by atoms with Gasteiger partial charge in [0.2, 0.25) is 5.75 Å². The Morgan fingerprint density at radius 3 is 2.36 bits per heavy atom. The molecule has 2 aromatic rings. The Labute approximate surface area is 187 Å². The SMILES string of the molecule is CN=C(NCCc1ccc(Cl)nc1)NCc1ccc(OC)c(OC)c1OC.I. The number of guanidine groups is 1. The third-order valence-corrected chi connectivity index (χ3v) is 4.17. The van der Waals surface area contributed by atoms with Gasteiger partial charge in [0.05, 0.1) is 21.3 Å². The van der Waals surface area contributed by atoms with E-state index >= 15 is 0 Å². The van der Waals surface area contributed by atoms with Crippen LogP contribution in [0.3, 0.4) is 0 Å². The second-order valence-electron chi connectivity index (χ2n) is 5.59. The van der Waals surface area contributed by atoms with Crippen LogP contribution < -0.4 is 24.8 Å². The molecule has 2 N–H and O–H groups in total. The van der Waals surface area contributed by atoms with Gasteiger partial charge in [-0.15, -0.1) is 24.0 Å². The van der Waals surface area contributed by atoms with Crippen LogP contribution in [0, 0.1) is 0 Å². The van der Waals surface area contributed by atoms with Gasteiger partial charge in [0, 0.05) is 31.9 Å². The highest BCUT2D eigenvalue weighted by molar-refractivity contribution is 14.0. The summed E-state index contributed by atoms with van der Waals surface area (Å²) in [6.45, 7) is 1.23. The van der Waals surface area contributed by atoms with Crippen LogP contribution in [0.2, 0.25) is 5.15 Å². The number of nitrogens with zero attached hydrogens (tertiary/aromatic N) is 2. The molecule has 0 fully saturated rings. The summed E-state index contributed by atoms with van der Waals surface area (Å²) in [7, 11) is 6.51. The maximum absolute atomic E-state index is 5.80. The second-order valence-corrected chi connectivity index (χ2v) is 5.97. The van der Waals surface area contributed by atoms with Gasteiger partial charge in [-0.2, -0.15) is 0 Å². The van der Waals surface area contributed by atoms with Gasteiger partial charge in [-0.1, -0.05) is 17.7 Å². The molecule has 1 aromatic heterocycles. The van der Waals surface area contributed by atoms with Crippen molar-refractivity contribution in [3.05, 3.63) is 46.7 Å². The Morgan fingerprint density at radius 2 is 1.79 bits per heavy atom. The van der Waals surface area contributed by atoms with Crippen molar-refractivity contribution in [1.29, 1.82) is 0 Å². The van der Waals surface area contributed by atoms with Crippen molar-refractivity contribution in [2.75, 3.05) is 34.9 Å². The maximum atomic E-state index is 5.80. The molecule has 1 aromatic carbocycles. The summed E-state index contributed by atoms with van der Waals surface area (Å²) >= 11 is 5.80. The Kier molecular flexibility index (Phi) is 10.8. The zero-order valence-corrected chi connectivity index (χ0v) is 19.5. The average molecular weight is 521 g/mol. The minimum absolute atomic E-state index is 0. The molecular formula is C19H26ClIN4O3. The number of ether oxygens (including phenoxy) is 3. The van der Waals surface area contributed by atoms with Crippen LogP contribution in [0.15, 0.2) is 35.5 Å². The number of aliphatic imine (C=N–C) groups is 1. The molecule has 1 heterocycles. The molecule has 0 aliphatic carbocycles. The molecule has 0 amide bonds. The van der Waals surface area contributed by atoms with Gasteiger partial charge < -0.3 is 24.8 Å². The van der Waals surface area contributed by atoms with E-state index in [0.717, 1.165) is 17.5 Å². The molecule has 0 spiro atoms. The molecule has 0 radical (unpaired) electrons. The summed E-state index contributed by atoms with van der Waals surface area (Å²) in [5.74, 6) is 2.51. The van der Waals surface area contributed by atoms with Crippen LogP contribution in [0.25, 0.3) is 0 Å². The lowest BCUT2D eigenvalue weighted by atomic mass is 10.1. The fourth-order valence-corrected chi connectivity index (χ4v) is 2.69. The van der Waals surface area contributed by atoms with E-state index in [0.29, 0.717) is 41.5 Å². The molecule has 0 aliphatic rings. The van der Waals surface area contributed by atoms with Crippen molar-refractivity contribution in [1.82, 2.24) is 15.6 Å². The van der Waals surface area contributed by atoms with E-state index in [4.69, 9.17) is 25.8 Å². The van der Waals surface area contributed by atoms with E-state index in [-0.39, 0.29) is 24.0 Å². The zero-order chi connectivity index (χ0) is 19.6.